The summed E-state index contributed by atoms with van der Waals surface area (Å²) in [6.45, 7) is 4.36. The zero-order valence-corrected chi connectivity index (χ0v) is 10.6. The number of anilines is 2. The number of methoxy groups -OCH3 is 1. The van der Waals surface area contributed by atoms with Gasteiger partial charge in [0.25, 0.3) is 0 Å². The van der Waals surface area contributed by atoms with Crippen molar-refractivity contribution in [1.29, 1.82) is 0 Å². The van der Waals surface area contributed by atoms with Crippen LogP contribution in [0.2, 0.25) is 0 Å². The van der Waals surface area contributed by atoms with Gasteiger partial charge >= 0.3 is 0 Å². The number of hydrogen-bond donors (Lipinski definition) is 2. The van der Waals surface area contributed by atoms with E-state index in [1.54, 1.807) is 7.11 Å². The molecule has 17 heavy (non-hydrogen) atoms. The lowest BCUT2D eigenvalue weighted by atomic mass is 10.2. The second kappa shape index (κ2) is 6.91. The molecule has 0 fully saturated rings. The smallest absolute Gasteiger partial charge is 0.221 e. The van der Waals surface area contributed by atoms with Gasteiger partial charge in [-0.05, 0) is 37.6 Å². The molecule has 0 saturated heterocycles. The van der Waals surface area contributed by atoms with E-state index >= 15 is 0 Å². The van der Waals surface area contributed by atoms with Crippen molar-refractivity contribution >= 4 is 17.3 Å². The van der Waals surface area contributed by atoms with Crippen LogP contribution < -0.4 is 10.6 Å². The van der Waals surface area contributed by atoms with Crippen molar-refractivity contribution in [1.82, 2.24) is 0 Å². The van der Waals surface area contributed by atoms with E-state index in [-0.39, 0.29) is 5.91 Å². The molecule has 0 aromatic heterocycles. The van der Waals surface area contributed by atoms with Crippen molar-refractivity contribution < 1.29 is 9.53 Å². The summed E-state index contributed by atoms with van der Waals surface area (Å²) in [7, 11) is 1.70. The summed E-state index contributed by atoms with van der Waals surface area (Å²) < 4.78 is 5.03. The van der Waals surface area contributed by atoms with Gasteiger partial charge in [-0.25, -0.2) is 0 Å². The molecule has 1 aromatic carbocycles. The summed E-state index contributed by atoms with van der Waals surface area (Å²) in [6, 6.07) is 8.03. The normalized spacial score (nSPS) is 11.9. The zero-order valence-electron chi connectivity index (χ0n) is 10.6. The van der Waals surface area contributed by atoms with Gasteiger partial charge in [-0.3, -0.25) is 4.79 Å². The molecular formula is C13H20N2O2. The molecular weight excluding hydrogens is 216 g/mol. The Hall–Kier alpha value is -1.55. The van der Waals surface area contributed by atoms with Gasteiger partial charge in [-0.15, -0.1) is 0 Å². The predicted octanol–water partition coefficient (Wildman–Crippen LogP) is 2.48. The standard InChI is InChI=1S/C13H20N2O2/c1-10(8-9-17-3)14-12-4-6-13(7-5-12)15-11(2)16/h4-7,10,14H,8-9H2,1-3H3,(H,15,16). The second-order valence-corrected chi connectivity index (χ2v) is 4.09. The molecule has 94 valence electrons. The topological polar surface area (TPSA) is 50.4 Å². The van der Waals surface area contributed by atoms with Crippen molar-refractivity contribution in [3.63, 3.8) is 0 Å². The maximum atomic E-state index is 10.9. The molecule has 0 heterocycles. The van der Waals surface area contributed by atoms with Crippen molar-refractivity contribution in [2.75, 3.05) is 24.4 Å². The molecule has 0 aliphatic heterocycles. The van der Waals surface area contributed by atoms with E-state index in [4.69, 9.17) is 4.74 Å². The summed E-state index contributed by atoms with van der Waals surface area (Å²) in [5, 5.41) is 6.10. The molecule has 0 radical (unpaired) electrons. The van der Waals surface area contributed by atoms with Gasteiger partial charge in [0.15, 0.2) is 0 Å². The van der Waals surface area contributed by atoms with Crippen molar-refractivity contribution in [3.05, 3.63) is 24.3 Å². The van der Waals surface area contributed by atoms with E-state index in [0.29, 0.717) is 6.04 Å². The Morgan fingerprint density at radius 1 is 1.29 bits per heavy atom. The SMILES string of the molecule is COCCC(C)Nc1ccc(NC(C)=O)cc1. The lowest BCUT2D eigenvalue weighted by molar-refractivity contribution is -0.114. The van der Waals surface area contributed by atoms with Crippen LogP contribution in [0.1, 0.15) is 20.3 Å². The number of benzene rings is 1. The molecule has 1 unspecified atom stereocenters. The first kappa shape index (κ1) is 13.5. The van der Waals surface area contributed by atoms with E-state index in [9.17, 15) is 4.79 Å². The van der Waals surface area contributed by atoms with E-state index in [1.165, 1.54) is 6.92 Å². The first-order chi connectivity index (χ1) is 8.11. The van der Waals surface area contributed by atoms with Crippen molar-refractivity contribution in [2.45, 2.75) is 26.3 Å². The molecule has 1 amide bonds. The highest BCUT2D eigenvalue weighted by Crippen LogP contribution is 2.14. The predicted molar refractivity (Wildman–Crippen MR) is 70.3 cm³/mol. The summed E-state index contributed by atoms with van der Waals surface area (Å²) in [5.41, 5.74) is 1.86. The van der Waals surface area contributed by atoms with Gasteiger partial charge in [0.05, 0.1) is 0 Å². The van der Waals surface area contributed by atoms with E-state index in [2.05, 4.69) is 17.6 Å². The van der Waals surface area contributed by atoms with Crippen LogP contribution in [0, 0.1) is 0 Å². The molecule has 1 atom stereocenters. The van der Waals surface area contributed by atoms with E-state index in [1.807, 2.05) is 24.3 Å². The van der Waals surface area contributed by atoms with E-state index < -0.39 is 0 Å². The van der Waals surface area contributed by atoms with Crippen LogP contribution >= 0.6 is 0 Å². The van der Waals surface area contributed by atoms with Gasteiger partial charge in [0.2, 0.25) is 5.91 Å². The van der Waals surface area contributed by atoms with Crippen LogP contribution in [0.4, 0.5) is 11.4 Å². The van der Waals surface area contributed by atoms with Gasteiger partial charge in [0, 0.05) is 38.1 Å². The first-order valence-electron chi connectivity index (χ1n) is 5.75. The fourth-order valence-electron chi connectivity index (χ4n) is 1.50. The van der Waals surface area contributed by atoms with Gasteiger partial charge in [-0.1, -0.05) is 0 Å². The Morgan fingerprint density at radius 3 is 2.41 bits per heavy atom. The van der Waals surface area contributed by atoms with Crippen molar-refractivity contribution in [2.24, 2.45) is 0 Å². The fourth-order valence-corrected chi connectivity index (χ4v) is 1.50. The molecule has 0 aliphatic rings. The number of carbonyl (C=O) groups is 1. The minimum absolute atomic E-state index is 0.0563. The number of rotatable bonds is 6. The third kappa shape index (κ3) is 5.36. The lowest BCUT2D eigenvalue weighted by Crippen LogP contribution is -2.17. The van der Waals surface area contributed by atoms with Crippen LogP contribution in [0.25, 0.3) is 0 Å². The van der Waals surface area contributed by atoms with Crippen LogP contribution in [0.15, 0.2) is 24.3 Å². The summed E-state index contributed by atoms with van der Waals surface area (Å²) in [4.78, 5) is 10.9. The number of nitrogens with one attached hydrogen (secondary N) is 2. The number of hydrogen-bond acceptors (Lipinski definition) is 3. The highest BCUT2D eigenvalue weighted by atomic mass is 16.5. The Balaban J connectivity index is 2.47. The summed E-state index contributed by atoms with van der Waals surface area (Å²) >= 11 is 0. The van der Waals surface area contributed by atoms with Gasteiger partial charge < -0.3 is 15.4 Å². The molecule has 1 aromatic rings. The highest BCUT2D eigenvalue weighted by Gasteiger charge is 2.01. The quantitative estimate of drug-likeness (QED) is 0.797. The average Bonchev–Trinajstić information content (AvgIpc) is 2.28. The zero-order chi connectivity index (χ0) is 12.7. The fraction of sp³-hybridized carbons (Fsp3) is 0.462. The Kier molecular flexibility index (Phi) is 5.49. The Bertz CT molecular complexity index is 349. The molecule has 0 spiro atoms. The van der Waals surface area contributed by atoms with Gasteiger partial charge in [0.1, 0.15) is 0 Å². The number of carbonyl (C=O) groups excluding carboxylic acids is 1. The molecule has 0 aliphatic carbocycles. The van der Waals surface area contributed by atoms with Crippen LogP contribution in [-0.2, 0) is 9.53 Å². The molecule has 4 heteroatoms. The third-order valence-electron chi connectivity index (χ3n) is 2.37. The van der Waals surface area contributed by atoms with Crippen LogP contribution in [0.3, 0.4) is 0 Å². The lowest BCUT2D eigenvalue weighted by Gasteiger charge is -2.15. The molecule has 0 bridgehead atoms. The number of ether oxygens (including phenoxy) is 1. The third-order valence-corrected chi connectivity index (χ3v) is 2.37. The molecule has 1 rings (SSSR count). The molecule has 4 nitrogen and oxygen atoms in total. The molecule has 0 saturated carbocycles. The van der Waals surface area contributed by atoms with Gasteiger partial charge in [-0.2, -0.15) is 0 Å². The largest absolute Gasteiger partial charge is 0.385 e. The first-order valence-corrected chi connectivity index (χ1v) is 5.75. The van der Waals surface area contributed by atoms with Crippen molar-refractivity contribution in [3.8, 4) is 0 Å². The minimum atomic E-state index is -0.0563. The summed E-state index contributed by atoms with van der Waals surface area (Å²) in [6.07, 6.45) is 0.962. The summed E-state index contributed by atoms with van der Waals surface area (Å²) in [5.74, 6) is -0.0563. The second-order valence-electron chi connectivity index (χ2n) is 4.09. The average molecular weight is 236 g/mol. The number of amides is 1. The molecule has 2 N–H and O–H groups in total. The maximum Gasteiger partial charge on any atom is 0.221 e. The highest BCUT2D eigenvalue weighted by molar-refractivity contribution is 5.88. The minimum Gasteiger partial charge on any atom is -0.385 e. The Labute approximate surface area is 102 Å². The maximum absolute atomic E-state index is 10.9. The monoisotopic (exact) mass is 236 g/mol. The Morgan fingerprint density at radius 2 is 1.88 bits per heavy atom. The van der Waals surface area contributed by atoms with Crippen LogP contribution in [0.5, 0.6) is 0 Å². The van der Waals surface area contributed by atoms with Crippen LogP contribution in [-0.4, -0.2) is 25.7 Å². The van der Waals surface area contributed by atoms with E-state index in [0.717, 1.165) is 24.4 Å².